The van der Waals surface area contributed by atoms with Crippen LogP contribution in [0.15, 0.2) is 23.8 Å². The summed E-state index contributed by atoms with van der Waals surface area (Å²) in [6, 6.07) is 0. The van der Waals surface area contributed by atoms with E-state index in [9.17, 15) is 19.8 Å². The maximum absolute atomic E-state index is 13.6. The molecule has 0 aromatic heterocycles. The van der Waals surface area contributed by atoms with Crippen molar-refractivity contribution in [2.45, 2.75) is 102 Å². The third-order valence-corrected chi connectivity index (χ3v) is 10.9. The molecule has 5 fully saturated rings. The smallest absolute Gasteiger partial charge is 0.220 e. The zero-order valence-electron chi connectivity index (χ0n) is 20.4. The third kappa shape index (κ3) is 3.01. The normalized spacial score (nSPS) is 51.1. The predicted octanol–water partition coefficient (Wildman–Crippen LogP) is 3.84. The fourth-order valence-electron chi connectivity index (χ4n) is 9.20. The average molecular weight is 471 g/mol. The number of allylic oxidation sites excluding steroid dienone is 4. The largest absolute Gasteiger partial charge is 0.393 e. The minimum atomic E-state index is -1.46. The second-order valence-corrected chi connectivity index (χ2v) is 12.3. The van der Waals surface area contributed by atoms with Crippen LogP contribution in [-0.2, 0) is 19.1 Å². The van der Waals surface area contributed by atoms with Crippen LogP contribution in [0, 0.1) is 34.5 Å². The molecule has 0 radical (unpaired) electrons. The van der Waals surface area contributed by atoms with Gasteiger partial charge < -0.3 is 19.7 Å². The Balaban J connectivity index is 1.35. The molecule has 0 aromatic rings. The minimum Gasteiger partial charge on any atom is -0.393 e. The van der Waals surface area contributed by atoms with Gasteiger partial charge >= 0.3 is 0 Å². The zero-order chi connectivity index (χ0) is 23.9. The Labute approximate surface area is 201 Å². The summed E-state index contributed by atoms with van der Waals surface area (Å²) < 4.78 is 12.4. The van der Waals surface area contributed by atoms with E-state index in [1.165, 1.54) is 6.42 Å². The quantitative estimate of drug-likeness (QED) is 0.605. The first kappa shape index (κ1) is 23.1. The van der Waals surface area contributed by atoms with E-state index in [1.54, 1.807) is 12.2 Å². The number of carbonyl (C=O) groups is 2. The monoisotopic (exact) mass is 470 g/mol. The zero-order valence-corrected chi connectivity index (χ0v) is 20.4. The second-order valence-electron chi connectivity index (χ2n) is 12.3. The topological polar surface area (TPSA) is 93.1 Å². The lowest BCUT2D eigenvalue weighted by Gasteiger charge is -2.61. The van der Waals surface area contributed by atoms with Crippen LogP contribution in [0.2, 0.25) is 0 Å². The molecule has 1 heterocycles. The molecule has 2 N–H and O–H groups in total. The fourth-order valence-corrected chi connectivity index (χ4v) is 9.20. The molecule has 5 aliphatic carbocycles. The lowest BCUT2D eigenvalue weighted by molar-refractivity contribution is -0.332. The van der Waals surface area contributed by atoms with Crippen LogP contribution < -0.4 is 0 Å². The molecule has 0 bridgehead atoms. The van der Waals surface area contributed by atoms with Crippen LogP contribution in [0.25, 0.3) is 0 Å². The molecule has 4 saturated carbocycles. The lowest BCUT2D eigenvalue weighted by Crippen LogP contribution is -2.67. The second kappa shape index (κ2) is 7.83. The van der Waals surface area contributed by atoms with Gasteiger partial charge in [-0.05, 0) is 68.9 Å². The number of aliphatic hydroxyl groups is 2. The molecule has 2 unspecified atom stereocenters. The van der Waals surface area contributed by atoms with Crippen LogP contribution in [0.5, 0.6) is 0 Å². The molecule has 6 aliphatic rings. The van der Waals surface area contributed by atoms with Crippen LogP contribution in [0.1, 0.15) is 78.1 Å². The van der Waals surface area contributed by atoms with Crippen molar-refractivity contribution < 1.29 is 29.3 Å². The van der Waals surface area contributed by atoms with E-state index in [2.05, 4.69) is 13.8 Å². The number of carbonyl (C=O) groups excluding carboxylic acids is 2. The number of fused-ring (bicyclic) bond motifs is 6. The SMILES string of the molecule is C[C@]12C=CC(=O)C=C1CC[C@@H]1[C@@H]2[C@@H](O)C[C@@]2(C)[C@H]1CC[C@@]21OC(C2CCCCC2)OC(O)C1=O. The van der Waals surface area contributed by atoms with Gasteiger partial charge in [-0.1, -0.05) is 44.8 Å². The number of rotatable bonds is 1. The van der Waals surface area contributed by atoms with Crippen molar-refractivity contribution in [3.8, 4) is 0 Å². The van der Waals surface area contributed by atoms with Crippen molar-refractivity contribution in [2.24, 2.45) is 34.5 Å². The van der Waals surface area contributed by atoms with E-state index >= 15 is 0 Å². The van der Waals surface area contributed by atoms with E-state index in [4.69, 9.17) is 9.47 Å². The maximum Gasteiger partial charge on any atom is 0.220 e. The van der Waals surface area contributed by atoms with Crippen LogP contribution in [0.3, 0.4) is 0 Å². The van der Waals surface area contributed by atoms with E-state index in [1.807, 2.05) is 6.08 Å². The highest BCUT2D eigenvalue weighted by molar-refractivity contribution is 6.01. The van der Waals surface area contributed by atoms with Crippen molar-refractivity contribution in [3.63, 3.8) is 0 Å². The van der Waals surface area contributed by atoms with E-state index in [-0.39, 0.29) is 40.7 Å². The van der Waals surface area contributed by atoms with E-state index < -0.39 is 29.7 Å². The summed E-state index contributed by atoms with van der Waals surface area (Å²) in [7, 11) is 0. The number of hydrogen-bond donors (Lipinski definition) is 2. The average Bonchev–Trinajstić information content (AvgIpc) is 3.10. The van der Waals surface area contributed by atoms with Crippen molar-refractivity contribution in [3.05, 3.63) is 23.8 Å². The molecule has 6 rings (SSSR count). The summed E-state index contributed by atoms with van der Waals surface area (Å²) in [5.74, 6) is 0.331. The first-order valence-corrected chi connectivity index (χ1v) is 13.4. The van der Waals surface area contributed by atoms with Crippen LogP contribution >= 0.6 is 0 Å². The van der Waals surface area contributed by atoms with Gasteiger partial charge in [-0.3, -0.25) is 9.59 Å². The Morgan fingerprint density at radius 3 is 2.56 bits per heavy atom. The van der Waals surface area contributed by atoms with Gasteiger partial charge in [0.2, 0.25) is 12.1 Å². The van der Waals surface area contributed by atoms with Gasteiger partial charge in [-0.25, -0.2) is 0 Å². The Morgan fingerprint density at radius 2 is 1.79 bits per heavy atom. The fraction of sp³-hybridized carbons (Fsp3) is 0.786. The molecule has 0 aromatic carbocycles. The minimum absolute atomic E-state index is 0.0130. The van der Waals surface area contributed by atoms with E-state index in [0.717, 1.165) is 50.5 Å². The number of Topliss-reactive ketones (excluding diaryl/α,β-unsaturated/α-hetero) is 1. The first-order chi connectivity index (χ1) is 16.2. The summed E-state index contributed by atoms with van der Waals surface area (Å²) in [4.78, 5) is 25.6. The molecule has 0 amide bonds. The molecule has 186 valence electrons. The molecule has 6 heteroatoms. The highest BCUT2D eigenvalue weighted by Crippen LogP contribution is 2.68. The molecule has 1 aliphatic heterocycles. The summed E-state index contributed by atoms with van der Waals surface area (Å²) in [5, 5.41) is 22.4. The maximum atomic E-state index is 13.6. The third-order valence-electron chi connectivity index (χ3n) is 10.9. The molecule has 1 spiro atoms. The van der Waals surface area contributed by atoms with Crippen LogP contribution in [0.4, 0.5) is 0 Å². The van der Waals surface area contributed by atoms with Crippen molar-refractivity contribution in [1.82, 2.24) is 0 Å². The number of ketones is 2. The molecular formula is C28H38O6. The lowest BCUT2D eigenvalue weighted by atomic mass is 9.46. The van der Waals surface area contributed by atoms with Crippen molar-refractivity contribution in [2.75, 3.05) is 0 Å². The van der Waals surface area contributed by atoms with Gasteiger partial charge in [-0.2, -0.15) is 0 Å². The standard InChI is InChI=1S/C28H38O6/c1-26-12-10-18(29)14-17(26)8-9-19-20-11-13-28(27(20,2)15-21(30)22(19)26)23(31)24(32)33-25(34-28)16-6-4-3-5-7-16/h10,12,14,16,19-22,24-25,30,32H,3-9,11,13,15H2,1-2H3/t19-,20-,21-,22+,24?,25?,26-,27-,28-/m0/s1. The number of ether oxygens (including phenoxy) is 2. The van der Waals surface area contributed by atoms with Crippen molar-refractivity contribution in [1.29, 1.82) is 0 Å². The molecular weight excluding hydrogens is 432 g/mol. The van der Waals surface area contributed by atoms with Gasteiger partial charge in [-0.15, -0.1) is 0 Å². The Bertz CT molecular complexity index is 949. The number of aliphatic hydroxyl groups excluding tert-OH is 2. The summed E-state index contributed by atoms with van der Waals surface area (Å²) in [6.07, 6.45) is 11.8. The molecule has 1 saturated heterocycles. The Hall–Kier alpha value is -1.34. The summed E-state index contributed by atoms with van der Waals surface area (Å²) >= 11 is 0. The molecule has 34 heavy (non-hydrogen) atoms. The predicted molar refractivity (Wildman–Crippen MR) is 124 cm³/mol. The Morgan fingerprint density at radius 1 is 1.03 bits per heavy atom. The van der Waals surface area contributed by atoms with Crippen molar-refractivity contribution >= 4 is 11.6 Å². The molecule has 6 nitrogen and oxygen atoms in total. The highest BCUT2D eigenvalue weighted by atomic mass is 16.8. The first-order valence-electron chi connectivity index (χ1n) is 13.4. The van der Waals surface area contributed by atoms with Crippen LogP contribution in [-0.4, -0.2) is 46.1 Å². The Kier molecular flexibility index (Phi) is 5.31. The van der Waals surface area contributed by atoms with Gasteiger partial charge in [0.25, 0.3) is 0 Å². The van der Waals surface area contributed by atoms with Gasteiger partial charge in [0, 0.05) is 22.7 Å². The highest BCUT2D eigenvalue weighted by Gasteiger charge is 2.71. The molecule has 9 atom stereocenters. The van der Waals surface area contributed by atoms with E-state index in [0.29, 0.717) is 12.8 Å². The van der Waals surface area contributed by atoms with Gasteiger partial charge in [0.05, 0.1) is 6.10 Å². The van der Waals surface area contributed by atoms with Gasteiger partial charge in [0.15, 0.2) is 12.1 Å². The summed E-state index contributed by atoms with van der Waals surface area (Å²) in [6.45, 7) is 4.28. The summed E-state index contributed by atoms with van der Waals surface area (Å²) in [5.41, 5.74) is -0.881. The number of hydrogen-bond acceptors (Lipinski definition) is 6. The van der Waals surface area contributed by atoms with Gasteiger partial charge in [0.1, 0.15) is 5.60 Å².